The lowest BCUT2D eigenvalue weighted by atomic mass is 10.1. The molecule has 0 bridgehead atoms. The smallest absolute Gasteiger partial charge is 0.0499 e. The fourth-order valence-corrected chi connectivity index (χ4v) is 2.77. The first-order valence-electron chi connectivity index (χ1n) is 7.70. The molecule has 0 unspecified atom stereocenters. The van der Waals surface area contributed by atoms with Crippen LogP contribution in [-0.2, 0) is 6.54 Å². The number of para-hydroxylation sites is 1. The molecule has 0 saturated heterocycles. The summed E-state index contributed by atoms with van der Waals surface area (Å²) in [6, 6.07) is 17.1. The van der Waals surface area contributed by atoms with Gasteiger partial charge in [-0.2, -0.15) is 0 Å². The zero-order chi connectivity index (χ0) is 15.4. The largest absolute Gasteiger partial charge is 0.361 e. The average Bonchev–Trinajstić information content (AvgIpc) is 2.99. The first kappa shape index (κ1) is 14.6. The Morgan fingerprint density at radius 3 is 2.77 bits per heavy atom. The van der Waals surface area contributed by atoms with E-state index >= 15 is 0 Å². The van der Waals surface area contributed by atoms with Crippen LogP contribution in [0.3, 0.4) is 0 Å². The highest BCUT2D eigenvalue weighted by atomic mass is 15.1. The second-order valence-corrected chi connectivity index (χ2v) is 5.81. The summed E-state index contributed by atoms with van der Waals surface area (Å²) in [5, 5.41) is 1.28. The molecule has 1 aromatic heterocycles. The molecule has 0 saturated carbocycles. The Balaban J connectivity index is 1.64. The van der Waals surface area contributed by atoms with Gasteiger partial charge in [-0.3, -0.25) is 4.90 Å². The van der Waals surface area contributed by atoms with Gasteiger partial charge in [0.1, 0.15) is 0 Å². The lowest BCUT2D eigenvalue weighted by molar-refractivity contribution is 0.365. The summed E-state index contributed by atoms with van der Waals surface area (Å²) in [7, 11) is 2.16. The van der Waals surface area contributed by atoms with Crippen LogP contribution in [0, 0.1) is 6.92 Å². The summed E-state index contributed by atoms with van der Waals surface area (Å²) in [5.74, 6) is 0. The second kappa shape index (κ2) is 6.63. The van der Waals surface area contributed by atoms with Crippen molar-refractivity contribution in [3.63, 3.8) is 0 Å². The zero-order valence-electron chi connectivity index (χ0n) is 13.2. The number of hydrogen-bond donors (Lipinski definition) is 1. The molecule has 0 aliphatic carbocycles. The SMILES string of the molecule is Cc1ccccc1/C=C/CN(C)Cc1cccc2cc[nH]c12. The number of rotatable bonds is 5. The maximum atomic E-state index is 3.34. The molecule has 0 fully saturated rings. The van der Waals surface area contributed by atoms with Gasteiger partial charge in [0, 0.05) is 24.8 Å². The van der Waals surface area contributed by atoms with E-state index in [4.69, 9.17) is 0 Å². The zero-order valence-corrected chi connectivity index (χ0v) is 13.2. The van der Waals surface area contributed by atoms with Crippen LogP contribution in [0.5, 0.6) is 0 Å². The van der Waals surface area contributed by atoms with Crippen LogP contribution in [0.2, 0.25) is 0 Å². The molecule has 2 nitrogen and oxygen atoms in total. The van der Waals surface area contributed by atoms with E-state index in [-0.39, 0.29) is 0 Å². The molecule has 0 aliphatic rings. The number of aryl methyl sites for hydroxylation is 1. The lowest BCUT2D eigenvalue weighted by Gasteiger charge is -2.15. The number of hydrogen-bond acceptors (Lipinski definition) is 1. The van der Waals surface area contributed by atoms with Gasteiger partial charge in [-0.15, -0.1) is 0 Å². The van der Waals surface area contributed by atoms with Gasteiger partial charge in [-0.25, -0.2) is 0 Å². The lowest BCUT2D eigenvalue weighted by Crippen LogP contribution is -2.17. The first-order chi connectivity index (χ1) is 10.7. The number of benzene rings is 2. The molecule has 3 aromatic rings. The van der Waals surface area contributed by atoms with Crippen molar-refractivity contribution < 1.29 is 0 Å². The van der Waals surface area contributed by atoms with E-state index in [0.29, 0.717) is 0 Å². The van der Waals surface area contributed by atoms with Crippen LogP contribution < -0.4 is 0 Å². The predicted molar refractivity (Wildman–Crippen MR) is 94.8 cm³/mol. The highest BCUT2D eigenvalue weighted by molar-refractivity contribution is 5.82. The molecule has 0 spiro atoms. The standard InChI is InChI=1S/C20H22N2/c1-16-7-3-4-8-17(16)11-6-14-22(2)15-19-10-5-9-18-12-13-21-20(18)19/h3-13,21H,14-15H2,1-2H3/b11-6+. The number of H-pyrrole nitrogens is 1. The molecular weight excluding hydrogens is 268 g/mol. The topological polar surface area (TPSA) is 19.0 Å². The summed E-state index contributed by atoms with van der Waals surface area (Å²) in [6.45, 7) is 4.02. The van der Waals surface area contributed by atoms with Crippen molar-refractivity contribution in [2.45, 2.75) is 13.5 Å². The maximum absolute atomic E-state index is 3.34. The van der Waals surface area contributed by atoms with Crippen LogP contribution in [0.1, 0.15) is 16.7 Å². The molecule has 1 N–H and O–H groups in total. The summed E-state index contributed by atoms with van der Waals surface area (Å²) in [4.78, 5) is 5.66. The van der Waals surface area contributed by atoms with Crippen molar-refractivity contribution in [1.29, 1.82) is 0 Å². The Kier molecular flexibility index (Phi) is 4.40. The molecule has 2 aromatic carbocycles. The van der Waals surface area contributed by atoms with Crippen molar-refractivity contribution >= 4 is 17.0 Å². The van der Waals surface area contributed by atoms with Gasteiger partial charge in [0.15, 0.2) is 0 Å². The Morgan fingerprint density at radius 2 is 1.91 bits per heavy atom. The summed E-state index contributed by atoms with van der Waals surface area (Å²) < 4.78 is 0. The van der Waals surface area contributed by atoms with Crippen molar-refractivity contribution in [2.24, 2.45) is 0 Å². The summed E-state index contributed by atoms with van der Waals surface area (Å²) >= 11 is 0. The van der Waals surface area contributed by atoms with Gasteiger partial charge in [0.2, 0.25) is 0 Å². The summed E-state index contributed by atoms with van der Waals surface area (Å²) in [5.41, 5.74) is 5.20. The fraction of sp³-hybridized carbons (Fsp3) is 0.200. The quantitative estimate of drug-likeness (QED) is 0.726. The van der Waals surface area contributed by atoms with E-state index < -0.39 is 0 Å². The van der Waals surface area contributed by atoms with Gasteiger partial charge < -0.3 is 4.98 Å². The van der Waals surface area contributed by atoms with Gasteiger partial charge >= 0.3 is 0 Å². The minimum absolute atomic E-state index is 0.936. The number of aromatic amines is 1. The maximum Gasteiger partial charge on any atom is 0.0499 e. The van der Waals surface area contributed by atoms with Gasteiger partial charge in [0.25, 0.3) is 0 Å². The Bertz CT molecular complexity index is 783. The monoisotopic (exact) mass is 290 g/mol. The number of nitrogens with zero attached hydrogens (tertiary/aromatic N) is 1. The van der Waals surface area contributed by atoms with Crippen molar-refractivity contribution in [3.8, 4) is 0 Å². The molecular formula is C20H22N2. The third kappa shape index (κ3) is 3.29. The first-order valence-corrected chi connectivity index (χ1v) is 7.70. The molecule has 0 aliphatic heterocycles. The van der Waals surface area contributed by atoms with E-state index in [2.05, 4.69) is 84.5 Å². The van der Waals surface area contributed by atoms with Crippen LogP contribution in [-0.4, -0.2) is 23.5 Å². The van der Waals surface area contributed by atoms with Crippen LogP contribution in [0.25, 0.3) is 17.0 Å². The van der Waals surface area contributed by atoms with Crippen molar-refractivity contribution in [1.82, 2.24) is 9.88 Å². The van der Waals surface area contributed by atoms with E-state index in [1.54, 1.807) is 0 Å². The second-order valence-electron chi connectivity index (χ2n) is 5.81. The fourth-order valence-electron chi connectivity index (χ4n) is 2.77. The molecule has 0 atom stereocenters. The Labute approximate surface area is 132 Å². The summed E-state index contributed by atoms with van der Waals surface area (Å²) in [6.07, 6.45) is 6.45. The third-order valence-corrected chi connectivity index (χ3v) is 4.02. The highest BCUT2D eigenvalue weighted by Crippen LogP contribution is 2.18. The number of nitrogens with one attached hydrogen (secondary N) is 1. The number of likely N-dealkylation sites (N-methyl/N-ethyl adjacent to an activating group) is 1. The molecule has 1 heterocycles. The molecule has 0 amide bonds. The third-order valence-electron chi connectivity index (χ3n) is 4.02. The van der Waals surface area contributed by atoms with Gasteiger partial charge in [0.05, 0.1) is 0 Å². The molecule has 0 radical (unpaired) electrons. The minimum Gasteiger partial charge on any atom is -0.361 e. The van der Waals surface area contributed by atoms with Crippen LogP contribution in [0.15, 0.2) is 60.8 Å². The average molecular weight is 290 g/mol. The van der Waals surface area contributed by atoms with Gasteiger partial charge in [-0.1, -0.05) is 54.6 Å². The highest BCUT2D eigenvalue weighted by Gasteiger charge is 2.04. The molecule has 2 heteroatoms. The molecule has 22 heavy (non-hydrogen) atoms. The molecule has 112 valence electrons. The van der Waals surface area contributed by atoms with Crippen LogP contribution in [0.4, 0.5) is 0 Å². The predicted octanol–water partition coefficient (Wildman–Crippen LogP) is 4.62. The van der Waals surface area contributed by atoms with Crippen molar-refractivity contribution in [2.75, 3.05) is 13.6 Å². The molecule has 3 rings (SSSR count). The van der Waals surface area contributed by atoms with E-state index in [1.807, 2.05) is 6.20 Å². The van der Waals surface area contributed by atoms with Crippen LogP contribution >= 0.6 is 0 Å². The Hall–Kier alpha value is -2.32. The van der Waals surface area contributed by atoms with Crippen molar-refractivity contribution in [3.05, 3.63) is 77.5 Å². The van der Waals surface area contributed by atoms with E-state index in [1.165, 1.54) is 27.6 Å². The van der Waals surface area contributed by atoms with E-state index in [9.17, 15) is 0 Å². The van der Waals surface area contributed by atoms with E-state index in [0.717, 1.165) is 13.1 Å². The minimum atomic E-state index is 0.936. The normalized spacial score (nSPS) is 11.8. The number of aromatic nitrogens is 1. The Morgan fingerprint density at radius 1 is 1.05 bits per heavy atom. The van der Waals surface area contributed by atoms with Gasteiger partial charge in [-0.05, 0) is 42.1 Å². The number of fused-ring (bicyclic) bond motifs is 1.